The Morgan fingerprint density at radius 2 is 2.18 bits per heavy atom. The molecule has 2 rings (SSSR count). The van der Waals surface area contributed by atoms with Gasteiger partial charge in [0.05, 0.1) is 0 Å². The van der Waals surface area contributed by atoms with Crippen molar-refractivity contribution in [2.45, 2.75) is 13.2 Å². The zero-order chi connectivity index (χ0) is 12.4. The van der Waals surface area contributed by atoms with Crippen LogP contribution in [0.25, 0.3) is 11.0 Å². The normalized spacial score (nSPS) is 12.6. The molecule has 1 atom stereocenters. The van der Waals surface area contributed by atoms with E-state index in [1.54, 1.807) is 12.1 Å². The fraction of sp³-hybridized carbons (Fsp3) is 0.250. The van der Waals surface area contributed by atoms with Crippen molar-refractivity contribution in [3.63, 3.8) is 0 Å². The Kier molecular flexibility index (Phi) is 3.12. The van der Waals surface area contributed by atoms with Gasteiger partial charge in [-0.15, -0.1) is 0 Å². The van der Waals surface area contributed by atoms with Crippen molar-refractivity contribution in [2.75, 3.05) is 6.61 Å². The molecule has 0 spiro atoms. The fourth-order valence-corrected chi connectivity index (χ4v) is 1.57. The maximum absolute atomic E-state index is 11.2. The average Bonchev–Trinajstić information content (AvgIpc) is 2.28. The largest absolute Gasteiger partial charge is 0.463 e. The van der Waals surface area contributed by atoms with Crippen molar-refractivity contribution < 1.29 is 19.4 Å². The molecule has 0 amide bonds. The second kappa shape index (κ2) is 4.57. The third kappa shape index (κ3) is 2.46. The molecule has 0 saturated carbocycles. The quantitative estimate of drug-likeness (QED) is 0.608. The molecule has 0 radical (unpaired) electrons. The van der Waals surface area contributed by atoms with E-state index in [1.165, 1.54) is 12.1 Å². The molecular weight excluding hydrogens is 224 g/mol. The number of ether oxygens (including phenoxy) is 1. The number of aliphatic hydroxyl groups excluding tert-OH is 2. The van der Waals surface area contributed by atoms with Gasteiger partial charge in [0.1, 0.15) is 17.9 Å². The van der Waals surface area contributed by atoms with Gasteiger partial charge in [0.15, 0.2) is 0 Å². The average molecular weight is 236 g/mol. The van der Waals surface area contributed by atoms with Crippen LogP contribution >= 0.6 is 0 Å². The van der Waals surface area contributed by atoms with Gasteiger partial charge in [0.25, 0.3) is 0 Å². The predicted molar refractivity (Wildman–Crippen MR) is 60.9 cm³/mol. The van der Waals surface area contributed by atoms with E-state index < -0.39 is 18.5 Å². The third-order valence-corrected chi connectivity index (χ3v) is 2.35. The Balaban J connectivity index is 2.46. The van der Waals surface area contributed by atoms with Crippen LogP contribution in [0.15, 0.2) is 33.5 Å². The molecule has 1 aromatic carbocycles. The molecule has 5 heteroatoms. The summed E-state index contributed by atoms with van der Waals surface area (Å²) in [4.78, 5) is 11.2. The van der Waals surface area contributed by atoms with E-state index >= 15 is 0 Å². The first-order chi connectivity index (χ1) is 8.10. The van der Waals surface area contributed by atoms with Gasteiger partial charge in [-0.05, 0) is 24.6 Å². The minimum Gasteiger partial charge on any atom is -0.463 e. The lowest BCUT2D eigenvalue weighted by Gasteiger charge is -2.11. The number of fused-ring (bicyclic) bond motifs is 1. The predicted octanol–water partition coefficient (Wildman–Crippen LogP) is 0.791. The van der Waals surface area contributed by atoms with Gasteiger partial charge in [-0.25, -0.2) is 4.79 Å². The Labute approximate surface area is 96.9 Å². The smallest absolute Gasteiger partial charge is 0.336 e. The number of hydrogen-bond donors (Lipinski definition) is 2. The molecule has 1 aromatic heterocycles. The number of rotatable bonds is 3. The summed E-state index contributed by atoms with van der Waals surface area (Å²) in [7, 11) is 0. The van der Waals surface area contributed by atoms with Crippen molar-refractivity contribution in [1.82, 2.24) is 0 Å². The van der Waals surface area contributed by atoms with Crippen LogP contribution in [0.2, 0.25) is 0 Å². The number of aliphatic hydroxyl groups is 2. The molecule has 5 nitrogen and oxygen atoms in total. The molecule has 0 aliphatic heterocycles. The van der Waals surface area contributed by atoms with Gasteiger partial charge in [0, 0.05) is 17.5 Å². The number of benzene rings is 1. The molecule has 90 valence electrons. The highest BCUT2D eigenvalue weighted by molar-refractivity contribution is 5.81. The SMILES string of the molecule is Cc1cc(=O)oc2cc(O[C@@H](O)CO)ccc12. The highest BCUT2D eigenvalue weighted by Crippen LogP contribution is 2.22. The lowest BCUT2D eigenvalue weighted by molar-refractivity contribution is -0.0548. The standard InChI is InChI=1S/C12H12O5/c1-7-4-11(14)17-10-5-8(2-3-9(7)10)16-12(15)6-13/h2-5,12-13,15H,6H2,1H3/t12-/m1/s1. The van der Waals surface area contributed by atoms with E-state index in [4.69, 9.17) is 19.4 Å². The molecule has 0 unspecified atom stereocenters. The molecule has 2 aromatic rings. The van der Waals surface area contributed by atoms with Crippen LogP contribution in [0.1, 0.15) is 5.56 Å². The Hall–Kier alpha value is -1.85. The van der Waals surface area contributed by atoms with Crippen LogP contribution in [-0.4, -0.2) is 23.1 Å². The van der Waals surface area contributed by atoms with Crippen LogP contribution in [-0.2, 0) is 0 Å². The second-order valence-electron chi connectivity index (χ2n) is 3.66. The van der Waals surface area contributed by atoms with Crippen molar-refractivity contribution in [3.05, 3.63) is 40.2 Å². The summed E-state index contributed by atoms with van der Waals surface area (Å²) in [6.45, 7) is 1.30. The van der Waals surface area contributed by atoms with Crippen LogP contribution in [0.5, 0.6) is 5.75 Å². The first-order valence-corrected chi connectivity index (χ1v) is 5.10. The van der Waals surface area contributed by atoms with Gasteiger partial charge in [-0.2, -0.15) is 0 Å². The molecule has 2 N–H and O–H groups in total. The monoisotopic (exact) mass is 236 g/mol. The fourth-order valence-electron chi connectivity index (χ4n) is 1.57. The summed E-state index contributed by atoms with van der Waals surface area (Å²) in [5.74, 6) is 0.327. The summed E-state index contributed by atoms with van der Waals surface area (Å²) in [6.07, 6.45) is -1.29. The summed E-state index contributed by atoms with van der Waals surface area (Å²) in [5, 5.41) is 18.6. The first kappa shape index (κ1) is 11.6. The molecule has 0 aliphatic carbocycles. The van der Waals surface area contributed by atoms with Gasteiger partial charge in [-0.3, -0.25) is 0 Å². The Morgan fingerprint density at radius 1 is 1.41 bits per heavy atom. The minimum atomic E-state index is -1.29. The van der Waals surface area contributed by atoms with Gasteiger partial charge in [0.2, 0.25) is 6.29 Å². The molecule has 17 heavy (non-hydrogen) atoms. The van der Waals surface area contributed by atoms with Crippen molar-refractivity contribution in [1.29, 1.82) is 0 Å². The Bertz CT molecular complexity index is 587. The molecule has 1 heterocycles. The molecule has 0 fully saturated rings. The van der Waals surface area contributed by atoms with E-state index in [0.29, 0.717) is 11.3 Å². The Morgan fingerprint density at radius 3 is 2.88 bits per heavy atom. The van der Waals surface area contributed by atoms with E-state index in [0.717, 1.165) is 10.9 Å². The lowest BCUT2D eigenvalue weighted by Crippen LogP contribution is -2.19. The van der Waals surface area contributed by atoms with Gasteiger partial charge in [-0.1, -0.05) is 0 Å². The zero-order valence-corrected chi connectivity index (χ0v) is 9.21. The van der Waals surface area contributed by atoms with Gasteiger partial charge >= 0.3 is 5.63 Å². The van der Waals surface area contributed by atoms with Crippen LogP contribution in [0.4, 0.5) is 0 Å². The molecule has 0 bridgehead atoms. The van der Waals surface area contributed by atoms with Crippen molar-refractivity contribution >= 4 is 11.0 Å². The van der Waals surface area contributed by atoms with Crippen LogP contribution < -0.4 is 10.4 Å². The maximum Gasteiger partial charge on any atom is 0.336 e. The summed E-state index contributed by atoms with van der Waals surface area (Å²) < 4.78 is 10.0. The van der Waals surface area contributed by atoms with E-state index in [-0.39, 0.29) is 0 Å². The molecular formula is C12H12O5. The topological polar surface area (TPSA) is 79.9 Å². The molecule has 0 aliphatic rings. The number of aryl methyl sites for hydroxylation is 1. The van der Waals surface area contributed by atoms with Crippen LogP contribution in [0, 0.1) is 6.92 Å². The van der Waals surface area contributed by atoms with E-state index in [9.17, 15) is 4.79 Å². The number of hydrogen-bond acceptors (Lipinski definition) is 5. The zero-order valence-electron chi connectivity index (χ0n) is 9.21. The van der Waals surface area contributed by atoms with E-state index in [2.05, 4.69) is 0 Å². The second-order valence-corrected chi connectivity index (χ2v) is 3.66. The lowest BCUT2D eigenvalue weighted by atomic mass is 10.1. The van der Waals surface area contributed by atoms with E-state index in [1.807, 2.05) is 6.92 Å². The summed E-state index contributed by atoms with van der Waals surface area (Å²) in [6, 6.07) is 6.27. The minimum absolute atomic E-state index is 0.327. The third-order valence-electron chi connectivity index (χ3n) is 2.35. The van der Waals surface area contributed by atoms with Crippen molar-refractivity contribution in [3.8, 4) is 5.75 Å². The maximum atomic E-state index is 11.2. The highest BCUT2D eigenvalue weighted by Gasteiger charge is 2.07. The van der Waals surface area contributed by atoms with Crippen molar-refractivity contribution in [2.24, 2.45) is 0 Å². The van der Waals surface area contributed by atoms with Crippen LogP contribution in [0.3, 0.4) is 0 Å². The summed E-state index contributed by atoms with van der Waals surface area (Å²) in [5.41, 5.74) is 0.762. The first-order valence-electron chi connectivity index (χ1n) is 5.10. The van der Waals surface area contributed by atoms with Gasteiger partial charge < -0.3 is 19.4 Å². The molecule has 0 saturated heterocycles. The summed E-state index contributed by atoms with van der Waals surface area (Å²) >= 11 is 0. The highest BCUT2D eigenvalue weighted by atomic mass is 16.6.